The van der Waals surface area contributed by atoms with Crippen LogP contribution in [0.2, 0.25) is 0 Å². The molecule has 0 fully saturated rings. The van der Waals surface area contributed by atoms with Gasteiger partial charge in [0, 0.05) is 31.7 Å². The zero-order valence-corrected chi connectivity index (χ0v) is 12.5. The number of pyridine rings is 1. The van der Waals surface area contributed by atoms with Crippen LogP contribution in [0.3, 0.4) is 0 Å². The minimum atomic E-state index is -0.419. The predicted molar refractivity (Wildman–Crippen MR) is 81.3 cm³/mol. The maximum absolute atomic E-state index is 11.0. The Labute approximate surface area is 119 Å². The molecule has 0 saturated heterocycles. The first-order valence-corrected chi connectivity index (χ1v) is 6.79. The highest BCUT2D eigenvalue weighted by molar-refractivity contribution is 5.60. The van der Waals surface area contributed by atoms with Gasteiger partial charge in [-0.2, -0.15) is 0 Å². The summed E-state index contributed by atoms with van der Waals surface area (Å²) in [7, 11) is 2.02. The van der Waals surface area contributed by atoms with E-state index in [1.807, 2.05) is 14.0 Å². The maximum atomic E-state index is 11.0. The number of nitrogens with one attached hydrogen (secondary N) is 2. The summed E-state index contributed by atoms with van der Waals surface area (Å²) in [6, 6.07) is 3.53. The van der Waals surface area contributed by atoms with Crippen molar-refractivity contribution in [3.8, 4) is 0 Å². The Hall–Kier alpha value is -1.89. The third-order valence-electron chi connectivity index (χ3n) is 3.07. The minimum absolute atomic E-state index is 0.00106. The molecule has 0 aliphatic heterocycles. The molecule has 0 spiro atoms. The third kappa shape index (κ3) is 4.65. The fraction of sp³-hybridized carbons (Fsp3) is 0.615. The number of rotatable bonds is 8. The van der Waals surface area contributed by atoms with Crippen LogP contribution < -0.4 is 10.6 Å². The van der Waals surface area contributed by atoms with Crippen LogP contribution in [0.1, 0.15) is 20.8 Å². The highest BCUT2D eigenvalue weighted by Crippen LogP contribution is 2.23. The lowest BCUT2D eigenvalue weighted by Crippen LogP contribution is -2.31. The summed E-state index contributed by atoms with van der Waals surface area (Å²) < 4.78 is 0. The van der Waals surface area contributed by atoms with E-state index >= 15 is 0 Å². The molecule has 0 unspecified atom stereocenters. The van der Waals surface area contributed by atoms with Crippen molar-refractivity contribution in [3.05, 3.63) is 22.2 Å². The normalized spacial score (nSPS) is 10.9. The summed E-state index contributed by atoms with van der Waals surface area (Å²) >= 11 is 0. The van der Waals surface area contributed by atoms with Crippen LogP contribution >= 0.6 is 0 Å². The van der Waals surface area contributed by atoms with E-state index in [0.29, 0.717) is 24.2 Å². The summed E-state index contributed by atoms with van der Waals surface area (Å²) in [5, 5.41) is 17.1. The van der Waals surface area contributed by atoms with Gasteiger partial charge in [0.25, 0.3) is 0 Å². The van der Waals surface area contributed by atoms with E-state index in [4.69, 9.17) is 0 Å². The quantitative estimate of drug-likeness (QED) is 0.561. The molecule has 0 bridgehead atoms. The van der Waals surface area contributed by atoms with E-state index in [1.165, 1.54) is 6.07 Å². The van der Waals surface area contributed by atoms with E-state index in [9.17, 15) is 10.1 Å². The molecule has 0 saturated carbocycles. The van der Waals surface area contributed by atoms with Gasteiger partial charge in [-0.15, -0.1) is 0 Å². The summed E-state index contributed by atoms with van der Waals surface area (Å²) in [5.41, 5.74) is -0.00106. The van der Waals surface area contributed by atoms with Crippen molar-refractivity contribution in [2.75, 3.05) is 37.3 Å². The number of anilines is 2. The van der Waals surface area contributed by atoms with Crippen LogP contribution in [-0.2, 0) is 0 Å². The van der Waals surface area contributed by atoms with Gasteiger partial charge >= 0.3 is 5.69 Å². The molecule has 1 rings (SSSR count). The molecule has 0 radical (unpaired) electrons. The number of hydrogen-bond donors (Lipinski definition) is 2. The van der Waals surface area contributed by atoms with Gasteiger partial charge in [-0.25, -0.2) is 4.98 Å². The molecule has 1 aromatic rings. The molecule has 0 aliphatic rings. The maximum Gasteiger partial charge on any atom is 0.311 e. The molecule has 2 N–H and O–H groups in total. The van der Waals surface area contributed by atoms with Crippen LogP contribution in [0, 0.1) is 10.1 Å². The summed E-state index contributed by atoms with van der Waals surface area (Å²) in [5.74, 6) is 0.948. The van der Waals surface area contributed by atoms with Crippen LogP contribution in [0.25, 0.3) is 0 Å². The molecule has 7 nitrogen and oxygen atoms in total. The third-order valence-corrected chi connectivity index (χ3v) is 3.07. The number of likely N-dealkylation sites (N-methyl/N-ethyl adjacent to an activating group) is 1. The molecule has 1 heterocycles. The van der Waals surface area contributed by atoms with Crippen molar-refractivity contribution in [3.63, 3.8) is 0 Å². The molecule has 1 aromatic heterocycles. The van der Waals surface area contributed by atoms with Gasteiger partial charge < -0.3 is 15.5 Å². The molecule has 0 aliphatic carbocycles. The Balaban J connectivity index is 2.74. The minimum Gasteiger partial charge on any atom is -0.370 e. The average Bonchev–Trinajstić information content (AvgIpc) is 2.38. The Bertz CT molecular complexity index is 450. The van der Waals surface area contributed by atoms with E-state index in [-0.39, 0.29) is 5.69 Å². The first-order chi connectivity index (χ1) is 9.45. The summed E-state index contributed by atoms with van der Waals surface area (Å²) in [6.45, 7) is 8.28. The highest BCUT2D eigenvalue weighted by atomic mass is 16.6. The Morgan fingerprint density at radius 3 is 2.65 bits per heavy atom. The average molecular weight is 281 g/mol. The van der Waals surface area contributed by atoms with Crippen molar-refractivity contribution in [1.82, 2.24) is 9.88 Å². The molecule has 0 atom stereocenters. The molecule has 0 aromatic carbocycles. The van der Waals surface area contributed by atoms with Crippen molar-refractivity contribution in [1.29, 1.82) is 0 Å². The van der Waals surface area contributed by atoms with E-state index < -0.39 is 4.92 Å². The largest absolute Gasteiger partial charge is 0.370 e. The van der Waals surface area contributed by atoms with Crippen LogP contribution in [0.15, 0.2) is 12.1 Å². The van der Waals surface area contributed by atoms with Gasteiger partial charge in [0.05, 0.1) is 4.92 Å². The number of aromatic nitrogens is 1. The van der Waals surface area contributed by atoms with E-state index in [2.05, 4.69) is 34.4 Å². The summed E-state index contributed by atoms with van der Waals surface area (Å²) in [6.07, 6.45) is 0. The van der Waals surface area contributed by atoms with Gasteiger partial charge in [0.2, 0.25) is 5.82 Å². The Kier molecular flexibility index (Phi) is 6.17. The van der Waals surface area contributed by atoms with Crippen LogP contribution in [0.5, 0.6) is 0 Å². The second kappa shape index (κ2) is 7.64. The van der Waals surface area contributed by atoms with Crippen LogP contribution in [0.4, 0.5) is 17.3 Å². The van der Waals surface area contributed by atoms with Gasteiger partial charge in [0.1, 0.15) is 5.82 Å². The SMILES string of the molecule is CCNc1ccc([N+](=O)[O-])c(NCCN(C)C(C)C)n1. The van der Waals surface area contributed by atoms with Crippen LogP contribution in [-0.4, -0.2) is 47.5 Å². The monoisotopic (exact) mass is 281 g/mol. The zero-order valence-electron chi connectivity index (χ0n) is 12.5. The Morgan fingerprint density at radius 2 is 2.10 bits per heavy atom. The molecule has 112 valence electrons. The number of nitrogens with zero attached hydrogens (tertiary/aromatic N) is 3. The fourth-order valence-corrected chi connectivity index (χ4v) is 1.62. The lowest BCUT2D eigenvalue weighted by Gasteiger charge is -2.21. The van der Waals surface area contributed by atoms with Gasteiger partial charge in [-0.1, -0.05) is 0 Å². The number of hydrogen-bond acceptors (Lipinski definition) is 6. The van der Waals surface area contributed by atoms with E-state index in [1.54, 1.807) is 6.07 Å². The second-order valence-corrected chi connectivity index (χ2v) is 4.85. The van der Waals surface area contributed by atoms with Gasteiger partial charge in [-0.05, 0) is 33.9 Å². The van der Waals surface area contributed by atoms with Gasteiger partial charge in [0.15, 0.2) is 0 Å². The fourth-order valence-electron chi connectivity index (χ4n) is 1.62. The first kappa shape index (κ1) is 16.2. The summed E-state index contributed by atoms with van der Waals surface area (Å²) in [4.78, 5) is 17.0. The van der Waals surface area contributed by atoms with Crippen molar-refractivity contribution in [2.24, 2.45) is 0 Å². The lowest BCUT2D eigenvalue weighted by atomic mass is 10.3. The van der Waals surface area contributed by atoms with Gasteiger partial charge in [-0.3, -0.25) is 10.1 Å². The van der Waals surface area contributed by atoms with Crippen molar-refractivity contribution < 1.29 is 4.92 Å². The topological polar surface area (TPSA) is 83.3 Å². The highest BCUT2D eigenvalue weighted by Gasteiger charge is 2.15. The lowest BCUT2D eigenvalue weighted by molar-refractivity contribution is -0.384. The Morgan fingerprint density at radius 1 is 1.40 bits per heavy atom. The van der Waals surface area contributed by atoms with Crippen molar-refractivity contribution in [2.45, 2.75) is 26.8 Å². The predicted octanol–water partition coefficient (Wildman–Crippen LogP) is 2.17. The molecular formula is C13H23N5O2. The van der Waals surface area contributed by atoms with E-state index in [0.717, 1.165) is 13.1 Å². The standard InChI is InChI=1S/C13H23N5O2/c1-5-14-12-7-6-11(18(19)20)13(16-12)15-8-9-17(4)10(2)3/h6-7,10H,5,8-9H2,1-4H3,(H2,14,15,16). The molecular weight excluding hydrogens is 258 g/mol. The molecule has 20 heavy (non-hydrogen) atoms. The van der Waals surface area contributed by atoms with Crippen molar-refractivity contribution >= 4 is 17.3 Å². The molecule has 0 amide bonds. The first-order valence-electron chi connectivity index (χ1n) is 6.79. The zero-order chi connectivity index (χ0) is 15.1. The smallest absolute Gasteiger partial charge is 0.311 e. The second-order valence-electron chi connectivity index (χ2n) is 4.85. The molecule has 7 heteroatoms. The number of nitro groups is 1.